The molecule has 0 aromatic heterocycles. The largest absolute Gasteiger partial charge is 0.394 e. The molecule has 2 N–H and O–H groups in total. The molecule has 11 unspecified atom stereocenters. The molecule has 0 aliphatic carbocycles. The second-order valence-electron chi connectivity index (χ2n) is 17.4. The quantitative estimate of drug-likeness (QED) is 0.410. The smallest absolute Gasteiger partial charge is 0.172 e. The summed E-state index contributed by atoms with van der Waals surface area (Å²) in [7, 11) is 1.63. The molecule has 10 heterocycles. The second-order valence-corrected chi connectivity index (χ2v) is 17.4. The van der Waals surface area contributed by atoms with Crippen molar-refractivity contribution in [1.82, 2.24) is 0 Å². The van der Waals surface area contributed by atoms with E-state index in [0.717, 1.165) is 49.7 Å². The van der Waals surface area contributed by atoms with Crippen molar-refractivity contribution in [3.63, 3.8) is 0 Å². The number of carbonyl (C=O) groups excluding carboxylic acids is 1. The maximum absolute atomic E-state index is 14.0. The molecule has 10 aliphatic rings. The van der Waals surface area contributed by atoms with Crippen molar-refractivity contribution in [2.75, 3.05) is 13.7 Å². The highest BCUT2D eigenvalue weighted by Crippen LogP contribution is 2.54. The molecule has 0 radical (unpaired) electrons. The van der Waals surface area contributed by atoms with Gasteiger partial charge in [0.1, 0.15) is 36.3 Å². The van der Waals surface area contributed by atoms with Crippen LogP contribution in [0.15, 0.2) is 24.3 Å². The SMILES string of the molecule is C=C1C2C[C@@H]3OC(CC(O)CO)[C@H](OC)C3CC(=O)CC3CCC4O[C@@H]5C6O[C@@H]7C[C@](CCC8CC(=C)[C@H](CCC(C[C@H]1C)O2)O8)(OC6[C@H]4O3)OC57. The molecule has 0 aromatic rings. The maximum atomic E-state index is 14.0. The van der Waals surface area contributed by atoms with Crippen LogP contribution in [0.1, 0.15) is 90.4 Å². The van der Waals surface area contributed by atoms with E-state index in [1.54, 1.807) is 7.11 Å². The Morgan fingerprint density at radius 3 is 2.37 bits per heavy atom. The Hall–Kier alpha value is -1.29. The third-order valence-corrected chi connectivity index (χ3v) is 13.9. The van der Waals surface area contributed by atoms with E-state index in [1.807, 2.05) is 0 Å². The summed E-state index contributed by atoms with van der Waals surface area (Å²) in [5, 5.41) is 20.1. The van der Waals surface area contributed by atoms with Crippen molar-refractivity contribution in [2.24, 2.45) is 11.8 Å². The van der Waals surface area contributed by atoms with Crippen LogP contribution in [0.3, 0.4) is 0 Å². The molecule has 0 amide bonds. The van der Waals surface area contributed by atoms with Gasteiger partial charge < -0.3 is 52.8 Å². The third kappa shape index (κ3) is 6.59. The van der Waals surface area contributed by atoms with Crippen LogP contribution in [0.2, 0.25) is 0 Å². The summed E-state index contributed by atoms with van der Waals surface area (Å²) < 4.78 is 59.8. The topological polar surface area (TPSA) is 141 Å². The van der Waals surface area contributed by atoms with Gasteiger partial charge in [-0.2, -0.15) is 0 Å². The van der Waals surface area contributed by atoms with E-state index >= 15 is 0 Å². The summed E-state index contributed by atoms with van der Waals surface area (Å²) in [4.78, 5) is 14.0. The average Bonchev–Trinajstić information content (AvgIpc) is 3.79. The Morgan fingerprint density at radius 2 is 1.54 bits per heavy atom. The first kappa shape index (κ1) is 36.4. The fraction of sp³-hybridized carbons (Fsp3) is 0.875. The molecule has 10 saturated heterocycles. The lowest BCUT2D eigenvalue weighted by molar-refractivity contribution is -0.292. The molecule has 12 bridgehead atoms. The summed E-state index contributed by atoms with van der Waals surface area (Å²) in [5.74, 6) is -0.709. The number of rotatable bonds is 4. The molecule has 52 heavy (non-hydrogen) atoms. The molecular weight excluding hydrogens is 672 g/mol. The van der Waals surface area contributed by atoms with Gasteiger partial charge in [0.25, 0.3) is 0 Å². The number of hydrogen-bond donors (Lipinski definition) is 2. The summed E-state index contributed by atoms with van der Waals surface area (Å²) in [6.45, 7) is 10.7. The Labute approximate surface area is 306 Å². The van der Waals surface area contributed by atoms with Gasteiger partial charge in [-0.05, 0) is 62.0 Å². The number of ether oxygens (including phenoxy) is 9. The van der Waals surface area contributed by atoms with Crippen LogP contribution in [0.4, 0.5) is 0 Å². The fourth-order valence-electron chi connectivity index (χ4n) is 11.3. The molecule has 10 aliphatic heterocycles. The van der Waals surface area contributed by atoms with Crippen LogP contribution in [0.5, 0.6) is 0 Å². The minimum atomic E-state index is -0.951. The van der Waals surface area contributed by atoms with Crippen molar-refractivity contribution in [1.29, 1.82) is 0 Å². The van der Waals surface area contributed by atoms with E-state index in [4.69, 9.17) is 42.6 Å². The number of hydrogen-bond acceptors (Lipinski definition) is 12. The molecule has 0 aromatic carbocycles. The molecule has 1 spiro atoms. The Kier molecular flexibility index (Phi) is 10.0. The van der Waals surface area contributed by atoms with Crippen LogP contribution in [0, 0.1) is 11.8 Å². The Morgan fingerprint density at radius 1 is 0.788 bits per heavy atom. The lowest BCUT2D eigenvalue weighted by Crippen LogP contribution is -2.61. The first-order chi connectivity index (χ1) is 25.1. The van der Waals surface area contributed by atoms with E-state index < -0.39 is 24.1 Å². The van der Waals surface area contributed by atoms with E-state index in [9.17, 15) is 15.0 Å². The van der Waals surface area contributed by atoms with Gasteiger partial charge in [0.05, 0.1) is 73.8 Å². The van der Waals surface area contributed by atoms with E-state index in [2.05, 4.69) is 20.1 Å². The monoisotopic (exact) mass is 730 g/mol. The Bertz CT molecular complexity index is 1370. The van der Waals surface area contributed by atoms with E-state index in [0.29, 0.717) is 25.7 Å². The number of ketones is 1. The van der Waals surface area contributed by atoms with Crippen LogP contribution in [-0.2, 0) is 47.4 Å². The van der Waals surface area contributed by atoms with Gasteiger partial charge in [0, 0.05) is 51.6 Å². The second kappa shape index (κ2) is 14.3. The van der Waals surface area contributed by atoms with Gasteiger partial charge >= 0.3 is 0 Å². The minimum Gasteiger partial charge on any atom is -0.394 e. The predicted molar refractivity (Wildman–Crippen MR) is 184 cm³/mol. The van der Waals surface area contributed by atoms with Gasteiger partial charge in [-0.1, -0.05) is 20.1 Å². The number of aliphatic hydroxyl groups excluding tert-OH is 2. The van der Waals surface area contributed by atoms with Crippen molar-refractivity contribution >= 4 is 5.78 Å². The zero-order valence-corrected chi connectivity index (χ0v) is 30.7. The average molecular weight is 731 g/mol. The summed E-state index contributed by atoms with van der Waals surface area (Å²) in [6, 6.07) is 0. The van der Waals surface area contributed by atoms with Crippen molar-refractivity contribution < 1.29 is 57.6 Å². The van der Waals surface area contributed by atoms with Crippen LogP contribution >= 0.6 is 0 Å². The van der Waals surface area contributed by atoms with Crippen LogP contribution in [-0.4, -0.2) is 133 Å². The highest BCUT2D eigenvalue weighted by atomic mass is 16.8. The molecule has 10 rings (SSSR count). The van der Waals surface area contributed by atoms with Gasteiger partial charge in [-0.25, -0.2) is 0 Å². The summed E-state index contributed by atoms with van der Waals surface area (Å²) in [5.41, 5.74) is 2.17. The number of fused-ring (bicyclic) bond motifs is 6. The molecule has 12 nitrogen and oxygen atoms in total. The van der Waals surface area contributed by atoms with Crippen LogP contribution < -0.4 is 0 Å². The highest BCUT2D eigenvalue weighted by molar-refractivity contribution is 5.79. The van der Waals surface area contributed by atoms with Crippen molar-refractivity contribution in [3.05, 3.63) is 24.3 Å². The van der Waals surface area contributed by atoms with Crippen LogP contribution in [0.25, 0.3) is 0 Å². The molecule has 0 saturated carbocycles. The molecule has 19 atom stereocenters. The van der Waals surface area contributed by atoms with Gasteiger partial charge in [-0.3, -0.25) is 4.79 Å². The zero-order valence-electron chi connectivity index (χ0n) is 30.7. The van der Waals surface area contributed by atoms with E-state index in [1.165, 1.54) is 0 Å². The first-order valence-corrected chi connectivity index (χ1v) is 20.1. The zero-order chi connectivity index (χ0) is 35.9. The number of methoxy groups -OCH3 is 1. The summed E-state index contributed by atoms with van der Waals surface area (Å²) >= 11 is 0. The lowest BCUT2D eigenvalue weighted by atomic mass is 9.81. The van der Waals surface area contributed by atoms with Crippen molar-refractivity contribution in [3.8, 4) is 0 Å². The number of carbonyl (C=O) groups is 1. The highest BCUT2D eigenvalue weighted by Gasteiger charge is 2.68. The normalized spacial score (nSPS) is 52.4. The van der Waals surface area contributed by atoms with Gasteiger partial charge in [0.2, 0.25) is 0 Å². The predicted octanol–water partition coefficient (Wildman–Crippen LogP) is 3.47. The number of Topliss-reactive ketones (excluding diaryl/α,β-unsaturated/α-hetero) is 1. The number of aliphatic hydroxyl groups is 2. The Balaban J connectivity index is 0.994. The van der Waals surface area contributed by atoms with Gasteiger partial charge in [0.15, 0.2) is 5.79 Å². The third-order valence-electron chi connectivity index (χ3n) is 13.9. The standard InChI is InChI=1S/C40H58O12/c1-19-11-24-5-7-28-20(2)12-26(45-28)9-10-40-17-33-36(51-40)37-38(50-33)39(52-40)35-29(49-37)8-6-25(47-35)13-22(42)14-27-31(16-30(46-24)21(19)3)48-32(34(27)44-4)15-23(43)18-41/h19,23-39,41,43H,2-3,5-18H2,1,4H3/t19-,23?,24?,25?,26?,27?,28+,29?,30?,31+,32?,33-,34-,35+,36?,37+,38?,39?,40+/m1/s1. The molecular formula is C40H58O12. The van der Waals surface area contributed by atoms with Crippen molar-refractivity contribution in [2.45, 2.75) is 194 Å². The summed E-state index contributed by atoms with van der Waals surface area (Å²) in [6.07, 6.45) is 4.01. The molecule has 10 fully saturated rings. The fourth-order valence-corrected chi connectivity index (χ4v) is 11.3. The van der Waals surface area contributed by atoms with Gasteiger partial charge in [-0.15, -0.1) is 0 Å². The molecule has 12 heteroatoms. The minimum absolute atomic E-state index is 0.0260. The van der Waals surface area contributed by atoms with E-state index in [-0.39, 0.29) is 123 Å². The lowest BCUT2D eigenvalue weighted by Gasteiger charge is -2.47. The molecule has 290 valence electrons. The maximum Gasteiger partial charge on any atom is 0.172 e. The first-order valence-electron chi connectivity index (χ1n) is 20.1.